The Morgan fingerprint density at radius 1 is 1.50 bits per heavy atom. The maximum atomic E-state index is 11.9. The molecule has 16 heavy (non-hydrogen) atoms. The summed E-state index contributed by atoms with van der Waals surface area (Å²) in [6.45, 7) is 3.04. The van der Waals surface area contributed by atoms with Gasteiger partial charge in [0.25, 0.3) is 0 Å². The van der Waals surface area contributed by atoms with Gasteiger partial charge in [0, 0.05) is 10.6 Å². The third-order valence-electron chi connectivity index (χ3n) is 2.14. The molecule has 0 aromatic heterocycles. The standard InChI is InChI=1S/C12H10ClNO2/c1-7-3-4-9(13)5-10(7)12(16)11(6-14)8(2)15/h3-5,15H,1-2H3. The number of allylic oxidation sites excluding steroid dienone is 2. The van der Waals surface area contributed by atoms with E-state index in [0.29, 0.717) is 16.1 Å². The van der Waals surface area contributed by atoms with E-state index in [1.54, 1.807) is 25.1 Å². The Labute approximate surface area is 98.6 Å². The van der Waals surface area contributed by atoms with Crippen LogP contribution in [-0.4, -0.2) is 10.9 Å². The molecule has 1 aromatic carbocycles. The average molecular weight is 236 g/mol. The first-order valence-corrected chi connectivity index (χ1v) is 4.96. The molecule has 0 bridgehead atoms. The van der Waals surface area contributed by atoms with Gasteiger partial charge in [0.2, 0.25) is 5.78 Å². The number of carbonyl (C=O) groups excluding carboxylic acids is 1. The summed E-state index contributed by atoms with van der Waals surface area (Å²) in [5.41, 5.74) is 0.784. The molecular formula is C12H10ClNO2. The summed E-state index contributed by atoms with van der Waals surface area (Å²) < 4.78 is 0. The molecule has 0 saturated heterocycles. The molecule has 0 spiro atoms. The van der Waals surface area contributed by atoms with Crippen LogP contribution in [0.5, 0.6) is 0 Å². The van der Waals surface area contributed by atoms with Crippen LogP contribution < -0.4 is 0 Å². The van der Waals surface area contributed by atoms with Crippen LogP contribution in [0.1, 0.15) is 22.8 Å². The van der Waals surface area contributed by atoms with Gasteiger partial charge in [-0.2, -0.15) is 5.26 Å². The maximum absolute atomic E-state index is 11.9. The van der Waals surface area contributed by atoms with Gasteiger partial charge in [-0.1, -0.05) is 17.7 Å². The number of hydrogen-bond acceptors (Lipinski definition) is 3. The first-order chi connectivity index (χ1) is 7.47. The van der Waals surface area contributed by atoms with Crippen LogP contribution in [0.15, 0.2) is 29.5 Å². The summed E-state index contributed by atoms with van der Waals surface area (Å²) in [7, 11) is 0. The van der Waals surface area contributed by atoms with Crippen molar-refractivity contribution < 1.29 is 9.90 Å². The van der Waals surface area contributed by atoms with Crippen molar-refractivity contribution in [3.8, 4) is 6.07 Å². The molecule has 3 nitrogen and oxygen atoms in total. The summed E-state index contributed by atoms with van der Waals surface area (Å²) in [5.74, 6) is -0.797. The van der Waals surface area contributed by atoms with E-state index in [0.717, 1.165) is 0 Å². The number of carbonyl (C=O) groups is 1. The monoisotopic (exact) mass is 235 g/mol. The highest BCUT2D eigenvalue weighted by Gasteiger charge is 2.17. The topological polar surface area (TPSA) is 61.1 Å². The normalized spacial score (nSPS) is 11.6. The molecule has 0 radical (unpaired) electrons. The van der Waals surface area contributed by atoms with Gasteiger partial charge in [0.1, 0.15) is 17.4 Å². The summed E-state index contributed by atoms with van der Waals surface area (Å²) in [4.78, 5) is 11.9. The van der Waals surface area contributed by atoms with E-state index >= 15 is 0 Å². The molecule has 0 heterocycles. The highest BCUT2D eigenvalue weighted by molar-refractivity contribution is 6.31. The first-order valence-electron chi connectivity index (χ1n) is 4.58. The van der Waals surface area contributed by atoms with Gasteiger partial charge in [0.05, 0.1) is 0 Å². The van der Waals surface area contributed by atoms with E-state index in [2.05, 4.69) is 0 Å². The highest BCUT2D eigenvalue weighted by Crippen LogP contribution is 2.19. The van der Waals surface area contributed by atoms with Crippen LogP contribution in [0.4, 0.5) is 0 Å². The predicted molar refractivity (Wildman–Crippen MR) is 61.5 cm³/mol. The van der Waals surface area contributed by atoms with Crippen molar-refractivity contribution in [1.82, 2.24) is 0 Å². The molecule has 1 aromatic rings. The van der Waals surface area contributed by atoms with E-state index in [1.165, 1.54) is 13.0 Å². The lowest BCUT2D eigenvalue weighted by atomic mass is 9.99. The van der Waals surface area contributed by atoms with Crippen LogP contribution in [0.3, 0.4) is 0 Å². The molecule has 1 N–H and O–H groups in total. The number of aryl methyl sites for hydroxylation is 1. The van der Waals surface area contributed by atoms with E-state index < -0.39 is 5.78 Å². The van der Waals surface area contributed by atoms with Gasteiger partial charge in [0.15, 0.2) is 0 Å². The zero-order valence-corrected chi connectivity index (χ0v) is 9.67. The number of ketones is 1. The second-order valence-electron chi connectivity index (χ2n) is 3.36. The predicted octanol–water partition coefficient (Wildman–Crippen LogP) is 3.19. The quantitative estimate of drug-likeness (QED) is 0.371. The number of nitriles is 1. The van der Waals surface area contributed by atoms with Crippen LogP contribution in [-0.2, 0) is 0 Å². The summed E-state index contributed by atoms with van der Waals surface area (Å²) in [6.07, 6.45) is 0. The summed E-state index contributed by atoms with van der Waals surface area (Å²) in [6, 6.07) is 6.52. The number of nitrogens with zero attached hydrogens (tertiary/aromatic N) is 1. The number of benzene rings is 1. The minimum absolute atomic E-state index is 0.259. The molecule has 0 amide bonds. The number of hydrogen-bond donors (Lipinski definition) is 1. The minimum Gasteiger partial charge on any atom is -0.511 e. The molecule has 0 atom stereocenters. The Hall–Kier alpha value is -1.79. The van der Waals surface area contributed by atoms with E-state index in [4.69, 9.17) is 16.9 Å². The molecule has 0 fully saturated rings. The third kappa shape index (κ3) is 2.41. The second kappa shape index (κ2) is 4.82. The van der Waals surface area contributed by atoms with Crippen molar-refractivity contribution in [2.45, 2.75) is 13.8 Å². The lowest BCUT2D eigenvalue weighted by Crippen LogP contribution is -2.06. The highest BCUT2D eigenvalue weighted by atomic mass is 35.5. The van der Waals surface area contributed by atoms with Gasteiger partial charge < -0.3 is 5.11 Å². The van der Waals surface area contributed by atoms with Crippen LogP contribution in [0.25, 0.3) is 0 Å². The number of rotatable bonds is 2. The largest absolute Gasteiger partial charge is 0.511 e. The average Bonchev–Trinajstić information content (AvgIpc) is 2.22. The molecule has 0 unspecified atom stereocenters. The minimum atomic E-state index is -0.512. The molecule has 4 heteroatoms. The van der Waals surface area contributed by atoms with Gasteiger partial charge in [-0.15, -0.1) is 0 Å². The van der Waals surface area contributed by atoms with Gasteiger partial charge in [-0.3, -0.25) is 4.79 Å². The Balaban J connectivity index is 3.31. The second-order valence-corrected chi connectivity index (χ2v) is 3.80. The summed E-state index contributed by atoms with van der Waals surface area (Å²) >= 11 is 5.77. The Morgan fingerprint density at radius 2 is 2.12 bits per heavy atom. The van der Waals surface area contributed by atoms with Gasteiger partial charge >= 0.3 is 0 Å². The number of Topliss-reactive ketones (excluding diaryl/α,β-unsaturated/α-hetero) is 1. The van der Waals surface area contributed by atoms with Crippen molar-refractivity contribution in [3.05, 3.63) is 45.7 Å². The fraction of sp³-hybridized carbons (Fsp3) is 0.167. The zero-order valence-electron chi connectivity index (χ0n) is 8.91. The maximum Gasteiger partial charge on any atom is 0.207 e. The molecule has 0 aliphatic heterocycles. The molecule has 82 valence electrons. The van der Waals surface area contributed by atoms with Crippen molar-refractivity contribution in [1.29, 1.82) is 5.26 Å². The first kappa shape index (κ1) is 12.3. The zero-order chi connectivity index (χ0) is 12.3. The third-order valence-corrected chi connectivity index (χ3v) is 2.38. The smallest absolute Gasteiger partial charge is 0.207 e. The summed E-state index contributed by atoms with van der Waals surface area (Å²) in [5, 5.41) is 18.4. The van der Waals surface area contributed by atoms with E-state index in [9.17, 15) is 9.90 Å². The van der Waals surface area contributed by atoms with Crippen molar-refractivity contribution in [2.75, 3.05) is 0 Å². The van der Waals surface area contributed by atoms with Crippen LogP contribution in [0, 0.1) is 18.3 Å². The molecule has 0 aliphatic carbocycles. The van der Waals surface area contributed by atoms with Crippen LogP contribution in [0.2, 0.25) is 5.02 Å². The lowest BCUT2D eigenvalue weighted by Gasteiger charge is -2.04. The Kier molecular flexibility index (Phi) is 3.70. The van der Waals surface area contributed by atoms with E-state index in [1.807, 2.05) is 0 Å². The SMILES string of the molecule is CC(O)=C(C#N)C(=O)c1cc(Cl)ccc1C. The Bertz CT molecular complexity index is 508. The fourth-order valence-electron chi connectivity index (χ4n) is 1.27. The van der Waals surface area contributed by atoms with Crippen molar-refractivity contribution in [3.63, 3.8) is 0 Å². The molecule has 1 rings (SSSR count). The van der Waals surface area contributed by atoms with Crippen LogP contribution >= 0.6 is 11.6 Å². The number of aliphatic hydroxyl groups excluding tert-OH is 1. The number of halogens is 1. The molecule has 0 aliphatic rings. The molecular weight excluding hydrogens is 226 g/mol. The lowest BCUT2D eigenvalue weighted by molar-refractivity contribution is 0.103. The van der Waals surface area contributed by atoms with Gasteiger partial charge in [-0.05, 0) is 31.5 Å². The fourth-order valence-corrected chi connectivity index (χ4v) is 1.44. The van der Waals surface area contributed by atoms with Gasteiger partial charge in [-0.25, -0.2) is 0 Å². The van der Waals surface area contributed by atoms with Crippen molar-refractivity contribution in [2.24, 2.45) is 0 Å². The van der Waals surface area contributed by atoms with E-state index in [-0.39, 0.29) is 11.3 Å². The number of aliphatic hydroxyl groups is 1. The molecule has 0 saturated carbocycles. The van der Waals surface area contributed by atoms with Crippen molar-refractivity contribution >= 4 is 17.4 Å². The Morgan fingerprint density at radius 3 is 2.62 bits per heavy atom.